The number of rotatable bonds is 6. The van der Waals surface area contributed by atoms with Crippen LogP contribution in [0, 0.1) is 0 Å². The van der Waals surface area contributed by atoms with E-state index in [0.29, 0.717) is 0 Å². The van der Waals surface area contributed by atoms with Gasteiger partial charge in [-0.05, 0) is 42.8 Å². The summed E-state index contributed by atoms with van der Waals surface area (Å²) in [5, 5.41) is 0.925. The Morgan fingerprint density at radius 2 is 2.10 bits per heavy atom. The van der Waals surface area contributed by atoms with Gasteiger partial charge in [0, 0.05) is 15.7 Å². The first-order chi connectivity index (χ1) is 9.67. The monoisotopic (exact) mass is 437 g/mol. The molecular formula is C16H25ClINOSi. The highest BCUT2D eigenvalue weighted by Gasteiger charge is 2.39. The van der Waals surface area contributed by atoms with E-state index >= 15 is 0 Å². The molecule has 0 aliphatic rings. The lowest BCUT2D eigenvalue weighted by Gasteiger charge is -2.39. The van der Waals surface area contributed by atoms with Crippen LogP contribution in [-0.4, -0.2) is 23.8 Å². The standard InChI is InChI=1S/C16H25ClINOSi/c1-16(2,3)21(4,5)20-15(9-10-18)14(17)12-13-8-6-7-11-19-13/h6-8,11-12,15H,9-10H2,1-5H3/t15-/m0/s1. The van der Waals surface area contributed by atoms with E-state index in [0.717, 1.165) is 21.6 Å². The summed E-state index contributed by atoms with van der Waals surface area (Å²) in [5.74, 6) is 0. The molecule has 2 nitrogen and oxygen atoms in total. The zero-order valence-electron chi connectivity index (χ0n) is 13.5. The third-order valence-corrected chi connectivity index (χ3v) is 9.36. The maximum atomic E-state index is 6.53. The van der Waals surface area contributed by atoms with Crippen LogP contribution in [0.3, 0.4) is 0 Å². The van der Waals surface area contributed by atoms with Gasteiger partial charge in [0.15, 0.2) is 8.32 Å². The molecule has 1 rings (SSSR count). The van der Waals surface area contributed by atoms with Gasteiger partial charge in [-0.3, -0.25) is 4.98 Å². The highest BCUT2D eigenvalue weighted by Crippen LogP contribution is 2.39. The Balaban J connectivity index is 2.94. The maximum absolute atomic E-state index is 6.53. The van der Waals surface area contributed by atoms with Gasteiger partial charge in [-0.25, -0.2) is 0 Å². The van der Waals surface area contributed by atoms with Crippen LogP contribution in [0.2, 0.25) is 18.1 Å². The van der Waals surface area contributed by atoms with Crippen molar-refractivity contribution in [2.75, 3.05) is 4.43 Å². The number of pyridine rings is 1. The lowest BCUT2D eigenvalue weighted by atomic mass is 10.2. The topological polar surface area (TPSA) is 22.1 Å². The Kier molecular flexibility index (Phi) is 7.37. The zero-order valence-corrected chi connectivity index (χ0v) is 17.4. The molecule has 1 atom stereocenters. The van der Waals surface area contributed by atoms with Crippen molar-refractivity contribution in [3.8, 4) is 0 Å². The molecule has 21 heavy (non-hydrogen) atoms. The minimum atomic E-state index is -1.83. The van der Waals surface area contributed by atoms with E-state index in [9.17, 15) is 0 Å². The summed E-state index contributed by atoms with van der Waals surface area (Å²) in [6, 6.07) is 5.82. The number of hydrogen-bond acceptors (Lipinski definition) is 2. The second-order valence-corrected chi connectivity index (χ2v) is 12.9. The van der Waals surface area contributed by atoms with Crippen LogP contribution >= 0.6 is 34.2 Å². The van der Waals surface area contributed by atoms with Crippen molar-refractivity contribution in [2.45, 2.75) is 51.4 Å². The molecule has 0 amide bonds. The van der Waals surface area contributed by atoms with E-state index in [1.54, 1.807) is 6.20 Å². The molecule has 0 aliphatic heterocycles. The third kappa shape index (κ3) is 6.00. The molecular weight excluding hydrogens is 413 g/mol. The average molecular weight is 438 g/mol. The lowest BCUT2D eigenvalue weighted by molar-refractivity contribution is 0.219. The SMILES string of the molecule is CC(C)(C)[Si](C)(C)O[C@@H](CCI)C(Cl)=Cc1ccccn1. The average Bonchev–Trinajstić information content (AvgIpc) is 2.37. The number of aromatic nitrogens is 1. The van der Waals surface area contributed by atoms with Crippen LogP contribution in [0.25, 0.3) is 6.08 Å². The van der Waals surface area contributed by atoms with Gasteiger partial charge >= 0.3 is 0 Å². The van der Waals surface area contributed by atoms with E-state index in [2.05, 4.69) is 61.4 Å². The summed E-state index contributed by atoms with van der Waals surface area (Å²) in [4.78, 5) is 4.30. The van der Waals surface area contributed by atoms with Crippen molar-refractivity contribution in [1.29, 1.82) is 0 Å². The van der Waals surface area contributed by atoms with Crippen molar-refractivity contribution < 1.29 is 4.43 Å². The van der Waals surface area contributed by atoms with E-state index in [-0.39, 0.29) is 11.1 Å². The van der Waals surface area contributed by atoms with Gasteiger partial charge in [-0.1, -0.05) is 61.0 Å². The fraction of sp³-hybridized carbons (Fsp3) is 0.562. The predicted molar refractivity (Wildman–Crippen MR) is 104 cm³/mol. The summed E-state index contributed by atoms with van der Waals surface area (Å²) in [6.45, 7) is 11.3. The minimum Gasteiger partial charge on any atom is -0.409 e. The van der Waals surface area contributed by atoms with Crippen LogP contribution in [-0.2, 0) is 4.43 Å². The smallest absolute Gasteiger partial charge is 0.192 e. The molecule has 1 aromatic rings. The van der Waals surface area contributed by atoms with Gasteiger partial charge in [0.2, 0.25) is 0 Å². The second-order valence-electron chi connectivity index (χ2n) is 6.63. The summed E-state index contributed by atoms with van der Waals surface area (Å²) < 4.78 is 7.50. The van der Waals surface area contributed by atoms with Crippen LogP contribution < -0.4 is 0 Å². The van der Waals surface area contributed by atoms with Crippen LogP contribution in [0.5, 0.6) is 0 Å². The van der Waals surface area contributed by atoms with Gasteiger partial charge in [0.1, 0.15) is 0 Å². The van der Waals surface area contributed by atoms with Crippen molar-refractivity contribution in [3.63, 3.8) is 0 Å². The Hall–Kier alpha value is 0.0869. The first kappa shape index (κ1) is 19.1. The van der Waals surface area contributed by atoms with Crippen LogP contribution in [0.4, 0.5) is 0 Å². The molecule has 1 aromatic heterocycles. The Morgan fingerprint density at radius 3 is 2.57 bits per heavy atom. The third-order valence-electron chi connectivity index (χ3n) is 3.90. The summed E-state index contributed by atoms with van der Waals surface area (Å²) >= 11 is 8.90. The van der Waals surface area contributed by atoms with E-state index in [1.165, 1.54) is 0 Å². The van der Waals surface area contributed by atoms with E-state index in [4.69, 9.17) is 16.0 Å². The first-order valence-corrected chi connectivity index (χ1v) is 12.0. The fourth-order valence-corrected chi connectivity index (χ4v) is 3.80. The molecule has 0 N–H and O–H groups in total. The largest absolute Gasteiger partial charge is 0.409 e. The predicted octanol–water partition coefficient (Wildman–Crippen LogP) is 5.88. The number of nitrogens with zero attached hydrogens (tertiary/aromatic N) is 1. The van der Waals surface area contributed by atoms with Gasteiger partial charge in [0.05, 0.1) is 11.8 Å². The van der Waals surface area contributed by atoms with E-state index < -0.39 is 8.32 Å². The lowest BCUT2D eigenvalue weighted by Crippen LogP contribution is -2.44. The summed E-state index contributed by atoms with van der Waals surface area (Å²) in [5.41, 5.74) is 0.875. The van der Waals surface area contributed by atoms with Crippen molar-refractivity contribution in [3.05, 3.63) is 35.1 Å². The zero-order chi connectivity index (χ0) is 16.1. The maximum Gasteiger partial charge on any atom is 0.192 e. The Morgan fingerprint density at radius 1 is 1.43 bits per heavy atom. The molecule has 0 radical (unpaired) electrons. The molecule has 0 unspecified atom stereocenters. The number of halogens is 2. The van der Waals surface area contributed by atoms with Crippen LogP contribution in [0.1, 0.15) is 32.9 Å². The molecule has 0 bridgehead atoms. The molecule has 0 saturated carbocycles. The number of hydrogen-bond donors (Lipinski definition) is 0. The highest BCUT2D eigenvalue weighted by molar-refractivity contribution is 14.1. The fourth-order valence-electron chi connectivity index (χ4n) is 1.58. The van der Waals surface area contributed by atoms with Gasteiger partial charge in [-0.2, -0.15) is 0 Å². The Bertz CT molecular complexity index is 471. The molecule has 0 aromatic carbocycles. The highest BCUT2D eigenvalue weighted by atomic mass is 127. The molecule has 1 heterocycles. The summed E-state index contributed by atoms with van der Waals surface area (Å²) in [7, 11) is -1.83. The van der Waals surface area contributed by atoms with Gasteiger partial charge < -0.3 is 4.43 Å². The molecule has 0 fully saturated rings. The van der Waals surface area contributed by atoms with Gasteiger partial charge in [0.25, 0.3) is 0 Å². The Labute approximate surface area is 148 Å². The van der Waals surface area contributed by atoms with E-state index in [1.807, 2.05) is 24.3 Å². The van der Waals surface area contributed by atoms with Crippen LogP contribution in [0.15, 0.2) is 29.4 Å². The molecule has 0 aliphatic carbocycles. The molecule has 118 valence electrons. The van der Waals surface area contributed by atoms with Crippen molar-refractivity contribution in [2.24, 2.45) is 0 Å². The van der Waals surface area contributed by atoms with Crippen molar-refractivity contribution >= 4 is 48.6 Å². The first-order valence-electron chi connectivity index (χ1n) is 7.19. The van der Waals surface area contributed by atoms with Crippen molar-refractivity contribution in [1.82, 2.24) is 4.98 Å². The second kappa shape index (κ2) is 8.08. The molecule has 0 saturated heterocycles. The molecule has 0 spiro atoms. The number of alkyl halides is 1. The van der Waals surface area contributed by atoms with Gasteiger partial charge in [-0.15, -0.1) is 0 Å². The summed E-state index contributed by atoms with van der Waals surface area (Å²) in [6.07, 6.45) is 4.59. The molecule has 5 heteroatoms. The normalized spacial score (nSPS) is 15.1. The quantitative estimate of drug-likeness (QED) is 0.315. The minimum absolute atomic E-state index is 0.0357.